The molecule has 2 aliphatic heterocycles. The third-order valence-electron chi connectivity index (χ3n) is 5.66. The van der Waals surface area contributed by atoms with E-state index in [9.17, 15) is 4.39 Å². The molecule has 0 aliphatic carbocycles. The van der Waals surface area contributed by atoms with Crippen molar-refractivity contribution in [3.63, 3.8) is 0 Å². The molecular formula is C24H16ClFN4O. The highest BCUT2D eigenvalue weighted by atomic mass is 35.5. The standard InChI is InChI=1S/C24H16ClFN4O/c25-16-8-11-19-18(12-16)21-20(23(31-19)15-4-2-1-3-5-15)22(14-6-9-17(26)10-7-14)30-24(29-21)27-13-28-30/h1-13,22-23H,(H,27,28,29). The van der Waals surface area contributed by atoms with Gasteiger partial charge in [0.1, 0.15) is 30.0 Å². The molecule has 3 heterocycles. The lowest BCUT2D eigenvalue weighted by Gasteiger charge is -2.39. The average molecular weight is 431 g/mol. The van der Waals surface area contributed by atoms with Crippen molar-refractivity contribution in [2.45, 2.75) is 12.1 Å². The van der Waals surface area contributed by atoms with E-state index in [-0.39, 0.29) is 18.0 Å². The maximum absolute atomic E-state index is 13.7. The van der Waals surface area contributed by atoms with Crippen molar-refractivity contribution in [1.82, 2.24) is 14.8 Å². The van der Waals surface area contributed by atoms with Gasteiger partial charge in [0.05, 0.1) is 5.70 Å². The minimum Gasteiger partial charge on any atom is -0.480 e. The quantitative estimate of drug-likeness (QED) is 0.447. The summed E-state index contributed by atoms with van der Waals surface area (Å²) in [6.07, 6.45) is 1.14. The maximum Gasteiger partial charge on any atom is 0.226 e. The number of hydrogen-bond donors (Lipinski definition) is 1. The van der Waals surface area contributed by atoms with Crippen LogP contribution in [-0.4, -0.2) is 14.8 Å². The van der Waals surface area contributed by atoms with Crippen LogP contribution in [0.4, 0.5) is 10.3 Å². The SMILES string of the molecule is Fc1ccc(C2C3=C(Nc4ncnn42)c2cc(Cl)ccc2OC3c2ccccc2)cc1. The van der Waals surface area contributed by atoms with Crippen LogP contribution in [-0.2, 0) is 0 Å². The van der Waals surface area contributed by atoms with Crippen molar-refractivity contribution >= 4 is 23.2 Å². The van der Waals surface area contributed by atoms with Crippen LogP contribution < -0.4 is 10.1 Å². The molecule has 2 unspecified atom stereocenters. The number of nitrogens with one attached hydrogen (secondary N) is 1. The first-order valence-electron chi connectivity index (χ1n) is 9.86. The van der Waals surface area contributed by atoms with E-state index in [0.717, 1.165) is 33.7 Å². The first-order chi connectivity index (χ1) is 15.2. The Morgan fingerprint density at radius 2 is 1.77 bits per heavy atom. The van der Waals surface area contributed by atoms with Crippen LogP contribution in [0.25, 0.3) is 5.70 Å². The van der Waals surface area contributed by atoms with Crippen LogP contribution in [0.1, 0.15) is 28.8 Å². The highest BCUT2D eigenvalue weighted by Crippen LogP contribution is 2.50. The number of ether oxygens (including phenoxy) is 1. The number of benzene rings is 3. The summed E-state index contributed by atoms with van der Waals surface area (Å²) < 4.78 is 22.0. The lowest BCUT2D eigenvalue weighted by molar-refractivity contribution is 0.223. The fraction of sp³-hybridized carbons (Fsp3) is 0.0833. The molecule has 5 nitrogen and oxygen atoms in total. The molecule has 4 aromatic rings. The lowest BCUT2D eigenvalue weighted by Crippen LogP contribution is -2.32. The normalized spacial score (nSPS) is 19.0. The Hall–Kier alpha value is -3.64. The molecule has 31 heavy (non-hydrogen) atoms. The van der Waals surface area contributed by atoms with E-state index >= 15 is 0 Å². The molecule has 0 fully saturated rings. The van der Waals surface area contributed by atoms with E-state index in [0.29, 0.717) is 11.0 Å². The van der Waals surface area contributed by atoms with Gasteiger partial charge >= 0.3 is 0 Å². The molecule has 0 spiro atoms. The highest BCUT2D eigenvalue weighted by molar-refractivity contribution is 6.30. The molecule has 0 radical (unpaired) electrons. The van der Waals surface area contributed by atoms with Crippen molar-refractivity contribution in [3.05, 3.63) is 112 Å². The molecule has 7 heteroatoms. The van der Waals surface area contributed by atoms with Crippen molar-refractivity contribution in [2.75, 3.05) is 5.32 Å². The third kappa shape index (κ3) is 2.91. The summed E-state index contributed by atoms with van der Waals surface area (Å²) in [4.78, 5) is 4.39. The van der Waals surface area contributed by atoms with Crippen molar-refractivity contribution < 1.29 is 9.13 Å². The molecule has 1 aromatic heterocycles. The number of anilines is 1. The Balaban J connectivity index is 1.64. The van der Waals surface area contributed by atoms with Gasteiger partial charge in [-0.1, -0.05) is 54.1 Å². The predicted molar refractivity (Wildman–Crippen MR) is 116 cm³/mol. The topological polar surface area (TPSA) is 52.0 Å². The third-order valence-corrected chi connectivity index (χ3v) is 5.90. The molecule has 0 amide bonds. The average Bonchev–Trinajstić information content (AvgIpc) is 3.27. The zero-order chi connectivity index (χ0) is 20.9. The van der Waals surface area contributed by atoms with Gasteiger partial charge in [-0.3, -0.25) is 0 Å². The van der Waals surface area contributed by atoms with Gasteiger partial charge in [0.2, 0.25) is 5.95 Å². The van der Waals surface area contributed by atoms with Crippen molar-refractivity contribution in [2.24, 2.45) is 0 Å². The van der Waals surface area contributed by atoms with Gasteiger partial charge < -0.3 is 10.1 Å². The second kappa shape index (κ2) is 6.96. The molecule has 0 bridgehead atoms. The first kappa shape index (κ1) is 18.2. The first-order valence-corrected chi connectivity index (χ1v) is 10.2. The van der Waals surface area contributed by atoms with E-state index in [1.54, 1.807) is 16.8 Å². The van der Waals surface area contributed by atoms with Crippen LogP contribution in [0.5, 0.6) is 5.75 Å². The summed E-state index contributed by atoms with van der Waals surface area (Å²) in [6.45, 7) is 0. The van der Waals surface area contributed by atoms with Crippen molar-refractivity contribution in [3.8, 4) is 5.75 Å². The molecule has 0 saturated heterocycles. The Kier molecular flexibility index (Phi) is 4.07. The smallest absolute Gasteiger partial charge is 0.226 e. The Morgan fingerprint density at radius 1 is 0.968 bits per heavy atom. The second-order valence-corrected chi connectivity index (χ2v) is 7.92. The minimum absolute atomic E-state index is 0.290. The lowest BCUT2D eigenvalue weighted by atomic mass is 9.84. The van der Waals surface area contributed by atoms with Gasteiger partial charge in [-0.15, -0.1) is 0 Å². The predicted octanol–water partition coefficient (Wildman–Crippen LogP) is 5.63. The van der Waals surface area contributed by atoms with Gasteiger partial charge in [0.25, 0.3) is 0 Å². The van der Waals surface area contributed by atoms with Gasteiger partial charge in [-0.25, -0.2) is 9.07 Å². The van der Waals surface area contributed by atoms with Crippen LogP contribution in [0.15, 0.2) is 84.7 Å². The Labute approximate surface area is 182 Å². The van der Waals surface area contributed by atoms with E-state index < -0.39 is 0 Å². The van der Waals surface area contributed by atoms with Gasteiger partial charge in [0.15, 0.2) is 0 Å². The number of aromatic nitrogens is 3. The summed E-state index contributed by atoms with van der Waals surface area (Å²) in [6, 6.07) is 21.7. The van der Waals surface area contributed by atoms with Crippen LogP contribution in [0.3, 0.4) is 0 Å². The number of nitrogens with zero attached hydrogens (tertiary/aromatic N) is 3. The van der Waals surface area contributed by atoms with Crippen LogP contribution in [0.2, 0.25) is 5.02 Å². The second-order valence-electron chi connectivity index (χ2n) is 7.49. The van der Waals surface area contributed by atoms with Gasteiger partial charge in [-0.2, -0.15) is 10.1 Å². The van der Waals surface area contributed by atoms with E-state index in [4.69, 9.17) is 16.3 Å². The Bertz CT molecular complexity index is 1320. The van der Waals surface area contributed by atoms with Crippen LogP contribution in [0, 0.1) is 5.82 Å². The van der Waals surface area contributed by atoms with Crippen molar-refractivity contribution in [1.29, 1.82) is 0 Å². The summed E-state index contributed by atoms with van der Waals surface area (Å²) in [5.74, 6) is 1.05. The summed E-state index contributed by atoms with van der Waals surface area (Å²) in [5.41, 5.74) is 4.60. The number of fused-ring (bicyclic) bond motifs is 3. The molecular weight excluding hydrogens is 415 g/mol. The molecule has 152 valence electrons. The molecule has 3 aromatic carbocycles. The van der Waals surface area contributed by atoms with Crippen LogP contribution >= 0.6 is 11.6 Å². The van der Waals surface area contributed by atoms with E-state index in [1.165, 1.54) is 18.5 Å². The highest BCUT2D eigenvalue weighted by Gasteiger charge is 2.40. The summed E-state index contributed by atoms with van der Waals surface area (Å²) >= 11 is 6.33. The molecule has 0 saturated carbocycles. The molecule has 2 atom stereocenters. The number of halogens is 2. The molecule has 2 aliphatic rings. The minimum atomic E-state index is -0.371. The number of rotatable bonds is 2. The summed E-state index contributed by atoms with van der Waals surface area (Å²) in [7, 11) is 0. The monoisotopic (exact) mass is 430 g/mol. The van der Waals surface area contributed by atoms with Gasteiger partial charge in [0, 0.05) is 16.2 Å². The van der Waals surface area contributed by atoms with E-state index in [1.807, 2.05) is 48.5 Å². The fourth-order valence-corrected chi connectivity index (χ4v) is 4.48. The number of hydrogen-bond acceptors (Lipinski definition) is 4. The zero-order valence-electron chi connectivity index (χ0n) is 16.2. The zero-order valence-corrected chi connectivity index (χ0v) is 16.9. The molecule has 6 rings (SSSR count). The van der Waals surface area contributed by atoms with E-state index in [2.05, 4.69) is 15.4 Å². The molecule has 1 N–H and O–H groups in total. The Morgan fingerprint density at radius 3 is 2.58 bits per heavy atom. The fourth-order valence-electron chi connectivity index (χ4n) is 4.31. The van der Waals surface area contributed by atoms with Gasteiger partial charge in [-0.05, 0) is 41.5 Å². The summed E-state index contributed by atoms with van der Waals surface area (Å²) in [5, 5.41) is 8.50. The largest absolute Gasteiger partial charge is 0.480 e. The maximum atomic E-state index is 13.7.